The van der Waals surface area contributed by atoms with Gasteiger partial charge < -0.3 is 14.9 Å². The monoisotopic (exact) mass is 312 g/mol. The van der Waals surface area contributed by atoms with E-state index >= 15 is 4.39 Å². The maximum atomic E-state index is 15.4. The number of aliphatic hydroxyl groups excluding tert-OH is 2. The summed E-state index contributed by atoms with van der Waals surface area (Å²) in [6.07, 6.45) is -2.51. The van der Waals surface area contributed by atoms with Gasteiger partial charge in [0.15, 0.2) is 6.23 Å². The zero-order valence-electron chi connectivity index (χ0n) is 12.1. The Bertz CT molecular complexity index is 716. The summed E-state index contributed by atoms with van der Waals surface area (Å²) in [6, 6.07) is 1.05. The third-order valence-electron chi connectivity index (χ3n) is 3.67. The number of halogens is 1. The summed E-state index contributed by atoms with van der Waals surface area (Å²) >= 11 is 0. The molecule has 120 valence electrons. The van der Waals surface area contributed by atoms with Crippen LogP contribution in [0.4, 0.5) is 4.39 Å². The molecular weight excluding hydrogens is 295 g/mol. The highest BCUT2D eigenvalue weighted by molar-refractivity contribution is 5.22. The van der Waals surface area contributed by atoms with Crippen LogP contribution in [0.25, 0.3) is 0 Å². The number of rotatable bonds is 3. The molecule has 0 aromatic carbocycles. The van der Waals surface area contributed by atoms with Crippen molar-refractivity contribution < 1.29 is 19.3 Å². The standard InChI is InChI=1S/C14H17FN2O5/c1-3-5-14(15)9(7-18)11(8(2)19)22-12(14)17-6-4-10(20)16-13(17)21/h4,6,8-9,11-12,18-19H,7H2,1-2H3,(H,16,20,21)/t8-,9?,11-,12-,14?/m1/s1. The van der Waals surface area contributed by atoms with E-state index in [-0.39, 0.29) is 0 Å². The summed E-state index contributed by atoms with van der Waals surface area (Å²) in [5.74, 6) is 3.62. The van der Waals surface area contributed by atoms with Crippen molar-refractivity contribution >= 4 is 0 Å². The van der Waals surface area contributed by atoms with E-state index in [0.29, 0.717) is 0 Å². The first-order valence-electron chi connectivity index (χ1n) is 6.73. The SMILES string of the molecule is CC#CC1(F)C(CO)[C@@H]([C@@H](C)O)O[C@H]1n1ccc(=O)[nH]c1=O. The summed E-state index contributed by atoms with van der Waals surface area (Å²) < 4.78 is 21.7. The normalized spacial score (nSPS) is 32.3. The van der Waals surface area contributed by atoms with Gasteiger partial charge in [0.1, 0.15) is 0 Å². The first-order valence-corrected chi connectivity index (χ1v) is 6.73. The van der Waals surface area contributed by atoms with Crippen LogP contribution in [-0.4, -0.2) is 44.2 Å². The Kier molecular flexibility index (Phi) is 4.51. The Morgan fingerprint density at radius 3 is 2.77 bits per heavy atom. The number of H-pyrrole nitrogens is 1. The maximum Gasteiger partial charge on any atom is 0.330 e. The number of ether oxygens (including phenoxy) is 1. The minimum atomic E-state index is -2.38. The fourth-order valence-corrected chi connectivity index (χ4v) is 2.68. The zero-order valence-corrected chi connectivity index (χ0v) is 12.1. The second kappa shape index (κ2) is 6.04. The van der Waals surface area contributed by atoms with Crippen LogP contribution in [0.3, 0.4) is 0 Å². The van der Waals surface area contributed by atoms with Gasteiger partial charge in [-0.25, -0.2) is 9.18 Å². The maximum absolute atomic E-state index is 15.4. The lowest BCUT2D eigenvalue weighted by Gasteiger charge is -2.26. The highest BCUT2D eigenvalue weighted by Crippen LogP contribution is 2.45. The molecule has 1 aliphatic rings. The molecule has 22 heavy (non-hydrogen) atoms. The molecule has 0 bridgehead atoms. The molecule has 0 spiro atoms. The van der Waals surface area contributed by atoms with Crippen LogP contribution < -0.4 is 11.2 Å². The summed E-state index contributed by atoms with van der Waals surface area (Å²) in [5.41, 5.74) is -3.87. The van der Waals surface area contributed by atoms with Gasteiger partial charge >= 0.3 is 5.69 Å². The predicted octanol–water partition coefficient (Wildman–Crippen LogP) is -0.845. The Labute approximate surface area is 125 Å². The molecule has 2 rings (SSSR count). The van der Waals surface area contributed by atoms with Crippen molar-refractivity contribution in [1.82, 2.24) is 9.55 Å². The zero-order chi connectivity index (χ0) is 16.5. The molecule has 2 unspecified atom stereocenters. The first kappa shape index (κ1) is 16.4. The lowest BCUT2D eigenvalue weighted by molar-refractivity contribution is -0.0763. The third kappa shape index (κ3) is 2.59. The van der Waals surface area contributed by atoms with Crippen molar-refractivity contribution in [2.24, 2.45) is 5.92 Å². The highest BCUT2D eigenvalue weighted by Gasteiger charge is 2.59. The van der Waals surface area contributed by atoms with Gasteiger partial charge in [-0.1, -0.05) is 5.92 Å². The van der Waals surface area contributed by atoms with Gasteiger partial charge in [-0.05, 0) is 13.8 Å². The van der Waals surface area contributed by atoms with Crippen LogP contribution in [-0.2, 0) is 4.74 Å². The minimum Gasteiger partial charge on any atom is -0.396 e. The number of alkyl halides is 1. The molecule has 2 heterocycles. The molecule has 1 aromatic rings. The quantitative estimate of drug-likeness (QED) is 0.631. The lowest BCUT2D eigenvalue weighted by atomic mass is 9.85. The van der Waals surface area contributed by atoms with Crippen LogP contribution in [0.5, 0.6) is 0 Å². The van der Waals surface area contributed by atoms with Gasteiger partial charge in [-0.2, -0.15) is 0 Å². The van der Waals surface area contributed by atoms with E-state index in [1.54, 1.807) is 0 Å². The van der Waals surface area contributed by atoms with Crippen molar-refractivity contribution in [3.63, 3.8) is 0 Å². The number of hydrogen-bond acceptors (Lipinski definition) is 5. The van der Waals surface area contributed by atoms with Crippen LogP contribution >= 0.6 is 0 Å². The average Bonchev–Trinajstić information content (AvgIpc) is 2.72. The number of nitrogens with zero attached hydrogens (tertiary/aromatic N) is 1. The molecule has 3 N–H and O–H groups in total. The Morgan fingerprint density at radius 1 is 1.59 bits per heavy atom. The van der Waals surface area contributed by atoms with Gasteiger partial charge in [-0.15, -0.1) is 5.92 Å². The van der Waals surface area contributed by atoms with E-state index in [4.69, 9.17) is 4.74 Å². The van der Waals surface area contributed by atoms with E-state index in [1.165, 1.54) is 13.8 Å². The number of aromatic amines is 1. The number of hydrogen-bond donors (Lipinski definition) is 3. The van der Waals surface area contributed by atoms with Gasteiger partial charge in [-0.3, -0.25) is 14.3 Å². The molecule has 1 aromatic heterocycles. The van der Waals surface area contributed by atoms with Crippen LogP contribution in [0.15, 0.2) is 21.9 Å². The number of aliphatic hydroxyl groups is 2. The summed E-state index contributed by atoms with van der Waals surface area (Å²) in [6.45, 7) is 2.19. The predicted molar refractivity (Wildman–Crippen MR) is 74.8 cm³/mol. The van der Waals surface area contributed by atoms with Crippen LogP contribution in [0.2, 0.25) is 0 Å². The third-order valence-corrected chi connectivity index (χ3v) is 3.67. The molecule has 1 saturated heterocycles. The van der Waals surface area contributed by atoms with Crippen molar-refractivity contribution in [2.45, 2.75) is 38.0 Å². The molecule has 0 radical (unpaired) electrons. The van der Waals surface area contributed by atoms with Gasteiger partial charge in [0.25, 0.3) is 5.56 Å². The Morgan fingerprint density at radius 2 is 2.27 bits per heavy atom. The highest BCUT2D eigenvalue weighted by atomic mass is 19.1. The number of nitrogens with one attached hydrogen (secondary N) is 1. The van der Waals surface area contributed by atoms with E-state index in [1.807, 2.05) is 4.98 Å². The average molecular weight is 312 g/mol. The lowest BCUT2D eigenvalue weighted by Crippen LogP contribution is -2.44. The molecule has 1 aliphatic heterocycles. The molecule has 5 atom stereocenters. The van der Waals surface area contributed by atoms with E-state index in [9.17, 15) is 19.8 Å². The Balaban J connectivity index is 2.59. The second-order valence-electron chi connectivity index (χ2n) is 5.14. The van der Waals surface area contributed by atoms with E-state index < -0.39 is 47.9 Å². The molecular formula is C14H17FN2O5. The minimum absolute atomic E-state index is 0.616. The van der Waals surface area contributed by atoms with Crippen molar-refractivity contribution in [3.8, 4) is 11.8 Å². The molecule has 0 amide bonds. The van der Waals surface area contributed by atoms with Gasteiger partial charge in [0.05, 0.1) is 24.7 Å². The topological polar surface area (TPSA) is 105 Å². The van der Waals surface area contributed by atoms with E-state index in [2.05, 4.69) is 11.8 Å². The second-order valence-corrected chi connectivity index (χ2v) is 5.14. The van der Waals surface area contributed by atoms with E-state index in [0.717, 1.165) is 16.8 Å². The van der Waals surface area contributed by atoms with Crippen LogP contribution in [0, 0.1) is 17.8 Å². The molecule has 7 nitrogen and oxygen atoms in total. The van der Waals surface area contributed by atoms with Crippen molar-refractivity contribution in [3.05, 3.63) is 33.1 Å². The first-order chi connectivity index (χ1) is 10.3. The van der Waals surface area contributed by atoms with Crippen molar-refractivity contribution in [1.29, 1.82) is 0 Å². The smallest absolute Gasteiger partial charge is 0.330 e. The largest absolute Gasteiger partial charge is 0.396 e. The molecule has 0 aliphatic carbocycles. The van der Waals surface area contributed by atoms with Gasteiger partial charge in [0, 0.05) is 12.3 Å². The fourth-order valence-electron chi connectivity index (χ4n) is 2.68. The van der Waals surface area contributed by atoms with Crippen molar-refractivity contribution in [2.75, 3.05) is 6.61 Å². The number of aromatic nitrogens is 2. The summed E-state index contributed by atoms with van der Waals surface area (Å²) in [7, 11) is 0. The Hall–Kier alpha value is -1.95. The molecule has 8 heteroatoms. The molecule has 1 fully saturated rings. The molecule has 0 saturated carbocycles. The van der Waals surface area contributed by atoms with Gasteiger partial charge in [0.2, 0.25) is 5.67 Å². The van der Waals surface area contributed by atoms with Crippen LogP contribution in [0.1, 0.15) is 20.1 Å². The fraction of sp³-hybridized carbons (Fsp3) is 0.571. The summed E-state index contributed by atoms with van der Waals surface area (Å²) in [4.78, 5) is 25.0. The summed E-state index contributed by atoms with van der Waals surface area (Å²) in [5, 5.41) is 19.2.